The molecule has 0 N–H and O–H groups in total. The molecule has 0 saturated carbocycles. The number of ketones is 1. The number of aryl methyl sites for hydroxylation is 2. The van der Waals surface area contributed by atoms with Gasteiger partial charge in [-0.25, -0.2) is 9.97 Å². The molecule has 84 valence electrons. The number of Topliss-reactive ketones (excluding diaryl/α,β-unsaturated/α-hetero) is 1. The molecule has 1 heterocycles. The molecule has 17 heavy (non-hydrogen) atoms. The van der Waals surface area contributed by atoms with E-state index in [4.69, 9.17) is 0 Å². The highest BCUT2D eigenvalue weighted by Gasteiger charge is 2.22. The van der Waals surface area contributed by atoms with E-state index in [1.54, 1.807) is 6.20 Å². The van der Waals surface area contributed by atoms with Crippen LogP contribution in [0.1, 0.15) is 28.0 Å². The van der Waals surface area contributed by atoms with Crippen LogP contribution in [0.15, 0.2) is 30.5 Å². The zero-order valence-electron chi connectivity index (χ0n) is 9.60. The fraction of sp³-hybridized carbons (Fsp3) is 0.214. The second-order valence-corrected chi connectivity index (χ2v) is 4.36. The van der Waals surface area contributed by atoms with E-state index in [1.807, 2.05) is 31.2 Å². The van der Waals surface area contributed by atoms with Gasteiger partial charge in [-0.1, -0.05) is 29.8 Å². The van der Waals surface area contributed by atoms with Gasteiger partial charge in [0.15, 0.2) is 11.6 Å². The molecule has 3 heteroatoms. The highest BCUT2D eigenvalue weighted by molar-refractivity contribution is 5.98. The first-order valence-electron chi connectivity index (χ1n) is 5.70. The maximum Gasteiger partial charge on any atom is 0.181 e. The third-order valence-corrected chi connectivity index (χ3v) is 3.06. The van der Waals surface area contributed by atoms with Gasteiger partial charge < -0.3 is 0 Å². The van der Waals surface area contributed by atoms with Crippen molar-refractivity contribution in [1.82, 2.24) is 9.97 Å². The van der Waals surface area contributed by atoms with E-state index in [1.165, 1.54) is 5.56 Å². The monoisotopic (exact) mass is 224 g/mol. The van der Waals surface area contributed by atoms with Crippen LogP contribution < -0.4 is 0 Å². The minimum absolute atomic E-state index is 0.135. The molecule has 0 unspecified atom stereocenters. The van der Waals surface area contributed by atoms with Crippen LogP contribution in [0, 0.1) is 6.92 Å². The Morgan fingerprint density at radius 1 is 1.12 bits per heavy atom. The van der Waals surface area contributed by atoms with Crippen molar-refractivity contribution in [3.63, 3.8) is 0 Å². The van der Waals surface area contributed by atoms with E-state index < -0.39 is 0 Å². The SMILES string of the molecule is Cc1ccc(-c2ncc3c(n2)C(=O)CC3)cc1. The van der Waals surface area contributed by atoms with E-state index in [0.717, 1.165) is 17.5 Å². The fourth-order valence-corrected chi connectivity index (χ4v) is 2.04. The molecule has 0 fully saturated rings. The summed E-state index contributed by atoms with van der Waals surface area (Å²) in [6.45, 7) is 2.04. The van der Waals surface area contributed by atoms with E-state index in [0.29, 0.717) is 17.9 Å². The number of hydrogen-bond donors (Lipinski definition) is 0. The summed E-state index contributed by atoms with van der Waals surface area (Å²) >= 11 is 0. The van der Waals surface area contributed by atoms with Crippen LogP contribution in [0.3, 0.4) is 0 Å². The van der Waals surface area contributed by atoms with Crippen molar-refractivity contribution in [2.75, 3.05) is 0 Å². The Bertz CT molecular complexity index is 588. The lowest BCUT2D eigenvalue weighted by Crippen LogP contribution is -1.99. The van der Waals surface area contributed by atoms with Gasteiger partial charge in [-0.05, 0) is 13.3 Å². The normalized spacial score (nSPS) is 13.8. The molecule has 0 bridgehead atoms. The van der Waals surface area contributed by atoms with Gasteiger partial charge in [0.2, 0.25) is 0 Å². The number of carbonyl (C=O) groups excluding carboxylic acids is 1. The predicted molar refractivity (Wildman–Crippen MR) is 64.9 cm³/mol. The van der Waals surface area contributed by atoms with Crippen LogP contribution in [0.2, 0.25) is 0 Å². The Hall–Kier alpha value is -2.03. The van der Waals surface area contributed by atoms with Crippen molar-refractivity contribution in [3.8, 4) is 11.4 Å². The molecule has 0 atom stereocenters. The minimum atomic E-state index is 0.135. The first-order chi connectivity index (χ1) is 8.24. The lowest BCUT2D eigenvalue weighted by atomic mass is 10.1. The standard InChI is InChI=1S/C14H12N2O/c1-9-2-4-10(5-3-9)14-15-8-11-6-7-12(17)13(11)16-14/h2-5,8H,6-7H2,1H3. The summed E-state index contributed by atoms with van der Waals surface area (Å²) in [6, 6.07) is 8.01. The molecule has 1 aromatic carbocycles. The molecule has 3 nitrogen and oxygen atoms in total. The molecule has 1 aromatic heterocycles. The van der Waals surface area contributed by atoms with Crippen LogP contribution in [-0.4, -0.2) is 15.8 Å². The van der Waals surface area contributed by atoms with Crippen LogP contribution in [0.5, 0.6) is 0 Å². The number of rotatable bonds is 1. The first kappa shape index (κ1) is 10.1. The zero-order valence-corrected chi connectivity index (χ0v) is 9.60. The quantitative estimate of drug-likeness (QED) is 0.747. The van der Waals surface area contributed by atoms with Gasteiger partial charge >= 0.3 is 0 Å². The highest BCUT2D eigenvalue weighted by atomic mass is 16.1. The smallest absolute Gasteiger partial charge is 0.181 e. The van der Waals surface area contributed by atoms with E-state index in [-0.39, 0.29) is 5.78 Å². The van der Waals surface area contributed by atoms with Crippen molar-refractivity contribution >= 4 is 5.78 Å². The summed E-state index contributed by atoms with van der Waals surface area (Å²) in [7, 11) is 0. The van der Waals surface area contributed by atoms with Crippen molar-refractivity contribution in [2.24, 2.45) is 0 Å². The molecule has 1 aliphatic carbocycles. The molecule has 0 amide bonds. The van der Waals surface area contributed by atoms with Crippen molar-refractivity contribution in [3.05, 3.63) is 47.3 Å². The zero-order chi connectivity index (χ0) is 11.8. The second kappa shape index (κ2) is 3.77. The first-order valence-corrected chi connectivity index (χ1v) is 5.70. The van der Waals surface area contributed by atoms with E-state index in [9.17, 15) is 4.79 Å². The Kier molecular flexibility index (Phi) is 2.25. The number of benzene rings is 1. The van der Waals surface area contributed by atoms with Gasteiger partial charge in [0.05, 0.1) is 0 Å². The second-order valence-electron chi connectivity index (χ2n) is 4.36. The van der Waals surface area contributed by atoms with Gasteiger partial charge in [0, 0.05) is 23.7 Å². The van der Waals surface area contributed by atoms with Gasteiger partial charge in [0.25, 0.3) is 0 Å². The van der Waals surface area contributed by atoms with Gasteiger partial charge in [-0.3, -0.25) is 4.79 Å². The van der Waals surface area contributed by atoms with Crippen LogP contribution in [-0.2, 0) is 6.42 Å². The minimum Gasteiger partial charge on any atom is -0.292 e. The molecule has 0 radical (unpaired) electrons. The van der Waals surface area contributed by atoms with E-state index in [2.05, 4.69) is 9.97 Å². The summed E-state index contributed by atoms with van der Waals surface area (Å²) in [5.41, 5.74) is 3.74. The molecular formula is C14H12N2O. The number of fused-ring (bicyclic) bond motifs is 1. The molecule has 0 saturated heterocycles. The molecule has 2 aromatic rings. The third kappa shape index (κ3) is 1.73. The molecule has 0 spiro atoms. The van der Waals surface area contributed by atoms with Crippen LogP contribution >= 0.6 is 0 Å². The Morgan fingerprint density at radius 2 is 1.88 bits per heavy atom. The van der Waals surface area contributed by atoms with Crippen LogP contribution in [0.4, 0.5) is 0 Å². The third-order valence-electron chi connectivity index (χ3n) is 3.06. The largest absolute Gasteiger partial charge is 0.292 e. The number of hydrogen-bond acceptors (Lipinski definition) is 3. The Balaban J connectivity index is 2.08. The summed E-state index contributed by atoms with van der Waals surface area (Å²) in [4.78, 5) is 20.3. The number of carbonyl (C=O) groups is 1. The molecule has 0 aliphatic heterocycles. The Morgan fingerprint density at radius 3 is 2.65 bits per heavy atom. The molecule has 1 aliphatic rings. The maximum atomic E-state index is 11.6. The summed E-state index contributed by atoms with van der Waals surface area (Å²) in [5.74, 6) is 0.773. The molecular weight excluding hydrogens is 212 g/mol. The van der Waals surface area contributed by atoms with Crippen LogP contribution in [0.25, 0.3) is 11.4 Å². The average molecular weight is 224 g/mol. The Labute approximate surface area is 99.5 Å². The lowest BCUT2D eigenvalue weighted by molar-refractivity contribution is 0.0990. The maximum absolute atomic E-state index is 11.6. The van der Waals surface area contributed by atoms with Crippen molar-refractivity contribution in [1.29, 1.82) is 0 Å². The van der Waals surface area contributed by atoms with E-state index >= 15 is 0 Å². The highest BCUT2D eigenvalue weighted by Crippen LogP contribution is 2.22. The summed E-state index contributed by atoms with van der Waals surface area (Å²) in [6.07, 6.45) is 3.13. The predicted octanol–water partition coefficient (Wildman–Crippen LogP) is 2.58. The van der Waals surface area contributed by atoms with Gasteiger partial charge in [-0.15, -0.1) is 0 Å². The van der Waals surface area contributed by atoms with Gasteiger partial charge in [-0.2, -0.15) is 0 Å². The summed E-state index contributed by atoms with van der Waals surface area (Å²) < 4.78 is 0. The number of nitrogens with zero attached hydrogens (tertiary/aromatic N) is 2. The average Bonchev–Trinajstić information content (AvgIpc) is 2.72. The fourth-order valence-electron chi connectivity index (χ4n) is 2.04. The number of aromatic nitrogens is 2. The molecule has 3 rings (SSSR count). The lowest BCUT2D eigenvalue weighted by Gasteiger charge is -2.02. The van der Waals surface area contributed by atoms with Crippen molar-refractivity contribution in [2.45, 2.75) is 19.8 Å². The summed E-state index contributed by atoms with van der Waals surface area (Å²) in [5, 5.41) is 0. The topological polar surface area (TPSA) is 42.9 Å². The van der Waals surface area contributed by atoms with Crippen molar-refractivity contribution < 1.29 is 4.79 Å². The van der Waals surface area contributed by atoms with Gasteiger partial charge in [0.1, 0.15) is 5.69 Å².